The molecule has 0 radical (unpaired) electrons. The first-order valence-corrected chi connectivity index (χ1v) is 11.4. The van der Waals surface area contributed by atoms with Gasteiger partial charge >= 0.3 is 0 Å². The molecule has 0 spiro atoms. The Morgan fingerprint density at radius 2 is 1.81 bits per heavy atom. The summed E-state index contributed by atoms with van der Waals surface area (Å²) in [4.78, 5) is 15.9. The van der Waals surface area contributed by atoms with Crippen LogP contribution in [-0.4, -0.2) is 21.9 Å². The standard InChI is InChI=1S/C25H17NO4S2/c1-14-5-4-7-17-22(16-6-2-3-8-18(16)30-23(14)17)26-24(27)21(32-25(26)31)12-15-9-10-19-20(11-15)29-13-28-19/h2-12,22H,13H2,1H3/b21-12-. The number of thioether (sulfide) groups is 1. The van der Waals surface area contributed by atoms with Gasteiger partial charge in [0.2, 0.25) is 6.79 Å². The van der Waals surface area contributed by atoms with Crippen LogP contribution in [0.1, 0.15) is 28.3 Å². The SMILES string of the molecule is Cc1cccc2c1Oc1ccccc1C2N1C(=O)/C(=C/c2ccc3c(c2)OCO3)SC1=S. The second kappa shape index (κ2) is 7.39. The molecule has 3 aromatic rings. The first kappa shape index (κ1) is 19.4. The van der Waals surface area contributed by atoms with Gasteiger partial charge in [-0.05, 0) is 42.3 Å². The summed E-state index contributed by atoms with van der Waals surface area (Å²) in [5.41, 5.74) is 3.73. The molecule has 6 rings (SSSR count). The minimum Gasteiger partial charge on any atom is -0.456 e. The van der Waals surface area contributed by atoms with Crippen molar-refractivity contribution in [3.05, 3.63) is 87.8 Å². The molecule has 1 atom stereocenters. The van der Waals surface area contributed by atoms with Crippen molar-refractivity contribution in [1.82, 2.24) is 4.90 Å². The summed E-state index contributed by atoms with van der Waals surface area (Å²) in [6, 6.07) is 19.1. The monoisotopic (exact) mass is 459 g/mol. The first-order valence-electron chi connectivity index (χ1n) is 10.1. The number of fused-ring (bicyclic) bond motifs is 3. The lowest BCUT2D eigenvalue weighted by Crippen LogP contribution is -2.35. The molecule has 3 heterocycles. The molecule has 0 N–H and O–H groups in total. The lowest BCUT2D eigenvalue weighted by Gasteiger charge is -2.34. The molecular formula is C25H17NO4S2. The Hall–Kier alpha value is -3.29. The van der Waals surface area contributed by atoms with Gasteiger partial charge in [0.1, 0.15) is 15.8 Å². The second-order valence-corrected chi connectivity index (χ2v) is 9.38. The first-order chi connectivity index (χ1) is 15.6. The Bertz CT molecular complexity index is 1330. The molecule has 0 saturated carbocycles. The van der Waals surface area contributed by atoms with E-state index >= 15 is 0 Å². The van der Waals surface area contributed by atoms with Crippen molar-refractivity contribution in [1.29, 1.82) is 0 Å². The normalized spacial score (nSPS) is 19.7. The van der Waals surface area contributed by atoms with E-state index in [-0.39, 0.29) is 18.7 Å². The number of benzene rings is 3. The van der Waals surface area contributed by atoms with Crippen molar-refractivity contribution in [2.75, 3.05) is 6.79 Å². The minimum atomic E-state index is -0.343. The topological polar surface area (TPSA) is 48.0 Å². The third-order valence-electron chi connectivity index (χ3n) is 5.74. The predicted molar refractivity (Wildman–Crippen MR) is 127 cm³/mol. The highest BCUT2D eigenvalue weighted by Crippen LogP contribution is 2.50. The van der Waals surface area contributed by atoms with Crippen LogP contribution in [0.5, 0.6) is 23.0 Å². The van der Waals surface area contributed by atoms with E-state index < -0.39 is 0 Å². The summed E-state index contributed by atoms with van der Waals surface area (Å²) >= 11 is 7.02. The van der Waals surface area contributed by atoms with Crippen LogP contribution in [0.15, 0.2) is 65.6 Å². The average Bonchev–Trinajstić information content (AvgIpc) is 3.37. The van der Waals surface area contributed by atoms with Gasteiger partial charge in [0.15, 0.2) is 11.5 Å². The molecule has 7 heteroatoms. The second-order valence-electron chi connectivity index (χ2n) is 7.70. The van der Waals surface area contributed by atoms with Crippen LogP contribution in [0.25, 0.3) is 6.08 Å². The number of amides is 1. The van der Waals surface area contributed by atoms with Crippen LogP contribution in [0, 0.1) is 6.92 Å². The van der Waals surface area contributed by atoms with Crippen molar-refractivity contribution in [2.24, 2.45) is 0 Å². The lowest BCUT2D eigenvalue weighted by molar-refractivity contribution is -0.123. The maximum atomic E-state index is 13.6. The fraction of sp³-hybridized carbons (Fsp3) is 0.120. The molecule has 5 nitrogen and oxygen atoms in total. The Morgan fingerprint density at radius 1 is 1.00 bits per heavy atom. The zero-order valence-corrected chi connectivity index (χ0v) is 18.7. The van der Waals surface area contributed by atoms with E-state index in [2.05, 4.69) is 0 Å². The van der Waals surface area contributed by atoms with Crippen LogP contribution in [0.2, 0.25) is 0 Å². The van der Waals surface area contributed by atoms with Gasteiger partial charge in [0.05, 0.1) is 10.9 Å². The average molecular weight is 460 g/mol. The highest BCUT2D eigenvalue weighted by atomic mass is 32.2. The maximum Gasteiger partial charge on any atom is 0.267 e. The molecule has 0 aromatic heterocycles. The smallest absolute Gasteiger partial charge is 0.267 e. The zero-order chi connectivity index (χ0) is 21.8. The number of aryl methyl sites for hydroxylation is 1. The van der Waals surface area contributed by atoms with E-state index in [0.717, 1.165) is 33.8 Å². The lowest BCUT2D eigenvalue weighted by atomic mass is 9.92. The summed E-state index contributed by atoms with van der Waals surface area (Å²) in [5, 5.41) is 0. The Morgan fingerprint density at radius 3 is 2.72 bits per heavy atom. The number of carbonyl (C=O) groups excluding carboxylic acids is 1. The fourth-order valence-corrected chi connectivity index (χ4v) is 5.55. The molecule has 3 aliphatic rings. The van der Waals surface area contributed by atoms with E-state index in [1.165, 1.54) is 11.8 Å². The van der Waals surface area contributed by atoms with E-state index in [1.807, 2.05) is 73.7 Å². The van der Waals surface area contributed by atoms with Crippen LogP contribution < -0.4 is 14.2 Å². The summed E-state index contributed by atoms with van der Waals surface area (Å²) in [7, 11) is 0. The number of para-hydroxylation sites is 2. The zero-order valence-electron chi connectivity index (χ0n) is 17.0. The van der Waals surface area contributed by atoms with Gasteiger partial charge in [0, 0.05) is 11.1 Å². The largest absolute Gasteiger partial charge is 0.456 e. The Labute approximate surface area is 194 Å². The highest BCUT2D eigenvalue weighted by molar-refractivity contribution is 8.26. The molecule has 32 heavy (non-hydrogen) atoms. The summed E-state index contributed by atoms with van der Waals surface area (Å²) in [5.74, 6) is 2.79. The third-order valence-corrected chi connectivity index (χ3v) is 7.07. The molecule has 3 aromatic carbocycles. The van der Waals surface area contributed by atoms with Gasteiger partial charge in [0.25, 0.3) is 5.91 Å². The molecule has 3 aliphatic heterocycles. The van der Waals surface area contributed by atoms with Gasteiger partial charge in [-0.2, -0.15) is 0 Å². The number of hydrogen-bond acceptors (Lipinski definition) is 6. The molecule has 1 amide bonds. The van der Waals surface area contributed by atoms with Gasteiger partial charge in [-0.15, -0.1) is 0 Å². The Kier molecular flexibility index (Phi) is 4.48. The summed E-state index contributed by atoms with van der Waals surface area (Å²) < 4.78 is 17.6. The minimum absolute atomic E-state index is 0.119. The quantitative estimate of drug-likeness (QED) is 0.356. The van der Waals surface area contributed by atoms with Gasteiger partial charge in [-0.1, -0.05) is 66.4 Å². The molecule has 1 fully saturated rings. The Balaban J connectivity index is 1.42. The molecule has 1 saturated heterocycles. The number of rotatable bonds is 2. The number of hydrogen-bond donors (Lipinski definition) is 0. The van der Waals surface area contributed by atoms with E-state index in [4.69, 9.17) is 26.4 Å². The molecule has 0 aliphatic carbocycles. The van der Waals surface area contributed by atoms with Crippen molar-refractivity contribution >= 4 is 40.3 Å². The van der Waals surface area contributed by atoms with Crippen molar-refractivity contribution in [2.45, 2.75) is 13.0 Å². The predicted octanol–water partition coefficient (Wildman–Crippen LogP) is 5.82. The van der Waals surface area contributed by atoms with E-state index in [0.29, 0.717) is 20.7 Å². The van der Waals surface area contributed by atoms with E-state index in [1.54, 1.807) is 4.90 Å². The van der Waals surface area contributed by atoms with Gasteiger partial charge in [-0.25, -0.2) is 0 Å². The molecule has 1 unspecified atom stereocenters. The molecule has 0 bridgehead atoms. The van der Waals surface area contributed by atoms with E-state index in [9.17, 15) is 4.79 Å². The highest BCUT2D eigenvalue weighted by Gasteiger charge is 2.42. The summed E-state index contributed by atoms with van der Waals surface area (Å²) in [6.07, 6.45) is 1.85. The number of thiocarbonyl (C=S) groups is 1. The van der Waals surface area contributed by atoms with Gasteiger partial charge in [-0.3, -0.25) is 9.69 Å². The maximum absolute atomic E-state index is 13.6. The number of nitrogens with zero attached hydrogens (tertiary/aromatic N) is 1. The summed E-state index contributed by atoms with van der Waals surface area (Å²) in [6.45, 7) is 2.22. The van der Waals surface area contributed by atoms with Crippen molar-refractivity contribution in [3.8, 4) is 23.0 Å². The van der Waals surface area contributed by atoms with Gasteiger partial charge < -0.3 is 14.2 Å². The third kappa shape index (κ3) is 3.00. The van der Waals surface area contributed by atoms with Crippen LogP contribution in [0.4, 0.5) is 0 Å². The molecule has 158 valence electrons. The van der Waals surface area contributed by atoms with Crippen LogP contribution in [0.3, 0.4) is 0 Å². The number of ether oxygens (including phenoxy) is 3. The van der Waals surface area contributed by atoms with Crippen molar-refractivity contribution < 1.29 is 19.0 Å². The number of carbonyl (C=O) groups is 1. The molecular weight excluding hydrogens is 442 g/mol. The fourth-order valence-electron chi connectivity index (χ4n) is 4.24. The van der Waals surface area contributed by atoms with Crippen LogP contribution in [-0.2, 0) is 4.79 Å². The van der Waals surface area contributed by atoms with Crippen LogP contribution >= 0.6 is 24.0 Å². The van der Waals surface area contributed by atoms with Crippen molar-refractivity contribution in [3.63, 3.8) is 0 Å².